The zero-order valence-electron chi connectivity index (χ0n) is 12.5. The molecule has 2 amide bonds. The summed E-state index contributed by atoms with van der Waals surface area (Å²) >= 11 is 0. The predicted molar refractivity (Wildman–Crippen MR) is 84.8 cm³/mol. The van der Waals surface area contributed by atoms with Crippen LogP contribution in [0.15, 0.2) is 48.0 Å². The number of nitrogens with zero attached hydrogens (tertiary/aromatic N) is 2. The van der Waals surface area contributed by atoms with Gasteiger partial charge in [-0.05, 0) is 42.0 Å². The molecule has 3 rings (SSSR count). The first-order valence-electron chi connectivity index (χ1n) is 6.97. The van der Waals surface area contributed by atoms with Crippen LogP contribution in [-0.2, 0) is 9.59 Å². The molecule has 9 heteroatoms. The van der Waals surface area contributed by atoms with Crippen LogP contribution in [0.1, 0.15) is 5.56 Å². The summed E-state index contributed by atoms with van der Waals surface area (Å²) in [5.74, 6) is -2.41. The van der Waals surface area contributed by atoms with Gasteiger partial charge in [0.15, 0.2) is 5.75 Å². The fourth-order valence-electron chi connectivity index (χ4n) is 2.27. The second kappa shape index (κ2) is 6.04. The maximum atomic E-state index is 13.0. The Bertz CT molecular complexity index is 924. The molecule has 1 heterocycles. The lowest BCUT2D eigenvalue weighted by Gasteiger charge is -2.14. The number of phenolic OH excluding ortho intramolecular Hbond substituents is 1. The Labute approximate surface area is 139 Å². The summed E-state index contributed by atoms with van der Waals surface area (Å²) in [6, 6.07) is 8.39. The van der Waals surface area contributed by atoms with Gasteiger partial charge in [0.25, 0.3) is 11.8 Å². The third kappa shape index (κ3) is 3.02. The molecule has 2 aromatic carbocycles. The van der Waals surface area contributed by atoms with Crippen molar-refractivity contribution in [3.05, 3.63) is 69.5 Å². The molecule has 2 aromatic rings. The Morgan fingerprint density at radius 1 is 1.16 bits per heavy atom. The fourth-order valence-corrected chi connectivity index (χ4v) is 2.27. The lowest BCUT2D eigenvalue weighted by atomic mass is 10.1. The van der Waals surface area contributed by atoms with E-state index in [4.69, 9.17) is 0 Å². The van der Waals surface area contributed by atoms with E-state index in [1.54, 1.807) is 0 Å². The van der Waals surface area contributed by atoms with Crippen LogP contribution in [0.25, 0.3) is 6.08 Å². The largest absolute Gasteiger partial charge is 0.502 e. The quantitative estimate of drug-likeness (QED) is 0.382. The zero-order valence-corrected chi connectivity index (χ0v) is 12.5. The Hall–Kier alpha value is -3.75. The number of aromatic hydroxyl groups is 1. The number of nitro groups is 1. The smallest absolute Gasteiger partial charge is 0.311 e. The van der Waals surface area contributed by atoms with Crippen LogP contribution < -0.4 is 10.4 Å². The Morgan fingerprint density at radius 3 is 2.48 bits per heavy atom. The van der Waals surface area contributed by atoms with Crippen molar-refractivity contribution in [2.45, 2.75) is 0 Å². The topological polar surface area (TPSA) is 113 Å². The number of benzene rings is 2. The number of amides is 2. The van der Waals surface area contributed by atoms with Crippen molar-refractivity contribution in [3.8, 4) is 5.75 Å². The van der Waals surface area contributed by atoms with Crippen LogP contribution in [0.3, 0.4) is 0 Å². The van der Waals surface area contributed by atoms with Gasteiger partial charge in [-0.2, -0.15) is 0 Å². The highest BCUT2D eigenvalue weighted by Gasteiger charge is 2.34. The molecule has 1 aliphatic rings. The van der Waals surface area contributed by atoms with E-state index < -0.39 is 34.0 Å². The molecule has 0 aliphatic carbocycles. The molecule has 1 fully saturated rings. The number of nitrogens with one attached hydrogen (secondary N) is 1. The van der Waals surface area contributed by atoms with Crippen molar-refractivity contribution in [2.75, 3.05) is 5.01 Å². The number of anilines is 1. The molecule has 0 spiro atoms. The molecule has 126 valence electrons. The van der Waals surface area contributed by atoms with Gasteiger partial charge in [0.1, 0.15) is 11.4 Å². The van der Waals surface area contributed by atoms with Gasteiger partial charge in [0, 0.05) is 6.07 Å². The second-order valence-electron chi connectivity index (χ2n) is 5.12. The molecule has 8 nitrogen and oxygen atoms in total. The summed E-state index contributed by atoms with van der Waals surface area (Å²) in [6.07, 6.45) is 1.17. The summed E-state index contributed by atoms with van der Waals surface area (Å²) in [6.45, 7) is 0. The van der Waals surface area contributed by atoms with E-state index >= 15 is 0 Å². The SMILES string of the molecule is O=C1NN(c2ccc(F)cc2)C(=O)/C1=C/c1ccc(O)c([N+](=O)[O-])c1. The maximum Gasteiger partial charge on any atom is 0.311 e. The Kier molecular flexibility index (Phi) is 3.89. The summed E-state index contributed by atoms with van der Waals surface area (Å²) in [5, 5.41) is 21.2. The molecule has 0 saturated carbocycles. The van der Waals surface area contributed by atoms with Gasteiger partial charge in [0.2, 0.25) is 0 Å². The van der Waals surface area contributed by atoms with E-state index in [0.29, 0.717) is 0 Å². The number of rotatable bonds is 3. The molecule has 0 unspecified atom stereocenters. The van der Waals surface area contributed by atoms with Gasteiger partial charge >= 0.3 is 5.69 Å². The van der Waals surface area contributed by atoms with Crippen LogP contribution >= 0.6 is 0 Å². The number of carbonyl (C=O) groups is 2. The summed E-state index contributed by atoms with van der Waals surface area (Å²) in [7, 11) is 0. The van der Waals surface area contributed by atoms with Crippen LogP contribution in [0.5, 0.6) is 5.75 Å². The van der Waals surface area contributed by atoms with E-state index in [1.807, 2.05) is 0 Å². The lowest BCUT2D eigenvalue weighted by molar-refractivity contribution is -0.385. The van der Waals surface area contributed by atoms with Crippen LogP contribution in [0, 0.1) is 15.9 Å². The molecule has 1 saturated heterocycles. The number of hydrogen-bond acceptors (Lipinski definition) is 5. The van der Waals surface area contributed by atoms with E-state index in [2.05, 4.69) is 5.43 Å². The van der Waals surface area contributed by atoms with Crippen molar-refractivity contribution in [3.63, 3.8) is 0 Å². The van der Waals surface area contributed by atoms with E-state index in [9.17, 15) is 29.2 Å². The van der Waals surface area contributed by atoms with Crippen molar-refractivity contribution >= 4 is 29.3 Å². The first-order chi connectivity index (χ1) is 11.9. The highest BCUT2D eigenvalue weighted by atomic mass is 19.1. The Morgan fingerprint density at radius 2 is 1.84 bits per heavy atom. The van der Waals surface area contributed by atoms with Gasteiger partial charge in [-0.1, -0.05) is 6.07 Å². The minimum absolute atomic E-state index is 0.198. The van der Waals surface area contributed by atoms with Crippen LogP contribution in [0.2, 0.25) is 0 Å². The number of phenols is 1. The summed E-state index contributed by atoms with van der Waals surface area (Å²) < 4.78 is 13.0. The van der Waals surface area contributed by atoms with Crippen molar-refractivity contribution in [1.29, 1.82) is 0 Å². The third-order valence-corrected chi connectivity index (χ3v) is 3.48. The van der Waals surface area contributed by atoms with Crippen molar-refractivity contribution in [1.82, 2.24) is 5.43 Å². The van der Waals surface area contributed by atoms with Crippen molar-refractivity contribution in [2.24, 2.45) is 0 Å². The minimum Gasteiger partial charge on any atom is -0.502 e. The molecule has 1 aliphatic heterocycles. The molecule has 0 atom stereocenters. The number of hydrazine groups is 1. The maximum absolute atomic E-state index is 13.0. The number of hydrogen-bond donors (Lipinski definition) is 2. The molecule has 0 aromatic heterocycles. The molecule has 2 N–H and O–H groups in total. The molecule has 0 radical (unpaired) electrons. The van der Waals surface area contributed by atoms with Crippen molar-refractivity contribution < 1.29 is 24.0 Å². The molecular weight excluding hydrogens is 333 g/mol. The average molecular weight is 343 g/mol. The van der Waals surface area contributed by atoms with Crippen LogP contribution in [-0.4, -0.2) is 21.8 Å². The minimum atomic E-state index is -0.779. The van der Waals surface area contributed by atoms with Gasteiger partial charge < -0.3 is 5.11 Å². The monoisotopic (exact) mass is 343 g/mol. The van der Waals surface area contributed by atoms with E-state index in [1.165, 1.54) is 24.3 Å². The molecule has 0 bridgehead atoms. The first kappa shape index (κ1) is 16.1. The van der Waals surface area contributed by atoms with Crippen LogP contribution in [0.4, 0.5) is 15.8 Å². The highest BCUT2D eigenvalue weighted by molar-refractivity contribution is 6.31. The number of halogens is 1. The highest BCUT2D eigenvalue weighted by Crippen LogP contribution is 2.28. The predicted octanol–water partition coefficient (Wildman–Crippen LogP) is 1.90. The van der Waals surface area contributed by atoms with Gasteiger partial charge in [-0.3, -0.25) is 25.1 Å². The van der Waals surface area contributed by atoms with Gasteiger partial charge in [-0.15, -0.1) is 0 Å². The number of carbonyl (C=O) groups excluding carboxylic acids is 2. The average Bonchev–Trinajstić information content (AvgIpc) is 2.85. The van der Waals surface area contributed by atoms with Gasteiger partial charge in [-0.25, -0.2) is 9.40 Å². The number of nitro benzene ring substituents is 1. The molecule has 25 heavy (non-hydrogen) atoms. The van der Waals surface area contributed by atoms with E-state index in [0.717, 1.165) is 29.3 Å². The standard InChI is InChI=1S/C16H10FN3O5/c17-10-2-4-11(5-3-10)19-16(23)12(15(22)18-19)7-9-1-6-14(21)13(8-9)20(24)25/h1-8,21H,(H,18,22)/b12-7+. The summed E-state index contributed by atoms with van der Waals surface area (Å²) in [5.41, 5.74) is 2.00. The Balaban J connectivity index is 1.95. The zero-order chi connectivity index (χ0) is 18.1. The second-order valence-corrected chi connectivity index (χ2v) is 5.12. The normalized spacial score (nSPS) is 15.6. The summed E-state index contributed by atoms with van der Waals surface area (Å²) in [4.78, 5) is 34.5. The fraction of sp³-hybridized carbons (Fsp3) is 0. The lowest BCUT2D eigenvalue weighted by Crippen LogP contribution is -2.35. The van der Waals surface area contributed by atoms with E-state index in [-0.39, 0.29) is 16.8 Å². The first-order valence-corrected chi connectivity index (χ1v) is 6.97. The third-order valence-electron chi connectivity index (χ3n) is 3.48. The molecular formula is C16H10FN3O5. The van der Waals surface area contributed by atoms with Gasteiger partial charge in [0.05, 0.1) is 10.6 Å².